The van der Waals surface area contributed by atoms with Gasteiger partial charge in [0.15, 0.2) is 0 Å². The van der Waals surface area contributed by atoms with Crippen molar-refractivity contribution in [1.82, 2.24) is 4.90 Å². The molecule has 1 atom stereocenters. The highest BCUT2D eigenvalue weighted by atomic mass is 16.5. The predicted octanol–water partition coefficient (Wildman–Crippen LogP) is 4.71. The number of Topliss-reactive ketones (excluding diaryl/α,β-unsaturated/α-hetero) is 1. The van der Waals surface area contributed by atoms with Crippen LogP contribution in [-0.4, -0.2) is 47.9 Å². The first-order valence-corrected chi connectivity index (χ1v) is 11.0. The minimum absolute atomic E-state index is 0.0669. The van der Waals surface area contributed by atoms with Crippen LogP contribution in [0, 0.1) is 0 Å². The second kappa shape index (κ2) is 10.7. The maximum absolute atomic E-state index is 13.0. The van der Waals surface area contributed by atoms with E-state index in [4.69, 9.17) is 4.74 Å². The average Bonchev–Trinajstić information content (AvgIpc) is 3.09. The first-order valence-electron chi connectivity index (χ1n) is 11.0. The minimum atomic E-state index is -0.709. The molecule has 172 valence electrons. The summed E-state index contributed by atoms with van der Waals surface area (Å²) in [5.41, 5.74) is 2.30. The third-order valence-electron chi connectivity index (χ3n) is 5.70. The fraction of sp³-hybridized carbons (Fsp3) is 0.259. The van der Waals surface area contributed by atoms with Crippen molar-refractivity contribution in [2.75, 3.05) is 31.1 Å². The molecule has 6 heteroatoms. The van der Waals surface area contributed by atoms with Crippen LogP contribution in [0.3, 0.4) is 0 Å². The molecule has 2 aromatic rings. The number of carbonyl (C=O) groups is 2. The number of likely N-dealkylation sites (tertiary alicyclic amines) is 1. The normalized spacial score (nSPS) is 17.2. The number of hydrogen-bond donors (Lipinski definition) is 1. The number of aliphatic hydroxyl groups excluding tert-OH is 1. The summed E-state index contributed by atoms with van der Waals surface area (Å²) in [6, 6.07) is 13.8. The molecule has 6 nitrogen and oxygen atoms in total. The number of nitrogens with zero attached hydrogens (tertiary/aromatic N) is 2. The number of aliphatic hydroxyl groups is 1. The van der Waals surface area contributed by atoms with Gasteiger partial charge in [-0.05, 0) is 55.8 Å². The molecule has 1 aliphatic rings. The van der Waals surface area contributed by atoms with Crippen LogP contribution < -0.4 is 9.64 Å². The molecule has 1 aliphatic heterocycles. The van der Waals surface area contributed by atoms with Gasteiger partial charge in [-0.1, -0.05) is 30.9 Å². The molecule has 3 rings (SSSR count). The zero-order chi connectivity index (χ0) is 24.0. The Balaban J connectivity index is 2.05. The van der Waals surface area contributed by atoms with Gasteiger partial charge in [-0.3, -0.25) is 9.59 Å². The van der Waals surface area contributed by atoms with Crippen LogP contribution in [0.4, 0.5) is 5.69 Å². The lowest BCUT2D eigenvalue weighted by molar-refractivity contribution is -0.139. The van der Waals surface area contributed by atoms with Crippen LogP contribution in [0.2, 0.25) is 0 Å². The lowest BCUT2D eigenvalue weighted by atomic mass is 9.95. The van der Waals surface area contributed by atoms with E-state index in [9.17, 15) is 14.7 Å². The Morgan fingerprint density at radius 3 is 2.21 bits per heavy atom. The van der Waals surface area contributed by atoms with E-state index in [0.29, 0.717) is 17.9 Å². The molecule has 0 radical (unpaired) electrons. The lowest BCUT2D eigenvalue weighted by Gasteiger charge is -2.26. The van der Waals surface area contributed by atoms with Crippen LogP contribution >= 0.6 is 0 Å². The molecule has 1 unspecified atom stereocenters. The molecule has 0 aliphatic carbocycles. The summed E-state index contributed by atoms with van der Waals surface area (Å²) in [5, 5.41) is 11.1. The summed E-state index contributed by atoms with van der Waals surface area (Å²) in [5.74, 6) is -0.963. The Kier molecular flexibility index (Phi) is 7.72. The quantitative estimate of drug-likeness (QED) is 0.248. The van der Waals surface area contributed by atoms with E-state index >= 15 is 0 Å². The number of carbonyl (C=O) groups excluding carboxylic acids is 2. The van der Waals surface area contributed by atoms with Crippen molar-refractivity contribution in [2.45, 2.75) is 19.9 Å². The van der Waals surface area contributed by atoms with Crippen LogP contribution in [0.15, 0.2) is 79.4 Å². The second-order valence-electron chi connectivity index (χ2n) is 7.63. The molecular weight excluding hydrogens is 416 g/mol. The predicted molar refractivity (Wildman–Crippen MR) is 131 cm³/mol. The summed E-state index contributed by atoms with van der Waals surface area (Å²) < 4.78 is 5.48. The molecule has 1 fully saturated rings. The monoisotopic (exact) mass is 446 g/mol. The zero-order valence-corrected chi connectivity index (χ0v) is 19.2. The Hall–Kier alpha value is -3.80. The highest BCUT2D eigenvalue weighted by Gasteiger charge is 2.45. The first kappa shape index (κ1) is 23.9. The molecule has 0 aromatic heterocycles. The number of rotatable bonds is 10. The van der Waals surface area contributed by atoms with Gasteiger partial charge in [0.05, 0.1) is 11.6 Å². The average molecular weight is 447 g/mol. The van der Waals surface area contributed by atoms with Gasteiger partial charge < -0.3 is 19.6 Å². The number of hydrogen-bond acceptors (Lipinski definition) is 5. The van der Waals surface area contributed by atoms with Crippen LogP contribution in [0.5, 0.6) is 5.75 Å². The largest absolute Gasteiger partial charge is 0.507 e. The molecule has 1 amide bonds. The Morgan fingerprint density at radius 1 is 1.03 bits per heavy atom. The van der Waals surface area contributed by atoms with E-state index in [1.807, 2.05) is 24.3 Å². The van der Waals surface area contributed by atoms with Gasteiger partial charge >= 0.3 is 0 Å². The van der Waals surface area contributed by atoms with Gasteiger partial charge in [0.25, 0.3) is 11.7 Å². The number of ether oxygens (including phenoxy) is 1. The van der Waals surface area contributed by atoms with E-state index in [1.165, 1.54) is 4.90 Å². The summed E-state index contributed by atoms with van der Waals surface area (Å²) in [4.78, 5) is 29.4. The van der Waals surface area contributed by atoms with Gasteiger partial charge in [0.1, 0.15) is 18.1 Å². The first-order chi connectivity index (χ1) is 16.0. The lowest BCUT2D eigenvalue weighted by Crippen LogP contribution is -2.29. The fourth-order valence-corrected chi connectivity index (χ4v) is 4.03. The maximum atomic E-state index is 13.0. The van der Waals surface area contributed by atoms with E-state index < -0.39 is 17.7 Å². The number of anilines is 1. The molecule has 0 bridgehead atoms. The number of amides is 1. The Bertz CT molecular complexity index is 1050. The smallest absolute Gasteiger partial charge is 0.295 e. The zero-order valence-electron chi connectivity index (χ0n) is 19.2. The Morgan fingerprint density at radius 2 is 1.67 bits per heavy atom. The number of benzene rings is 2. The van der Waals surface area contributed by atoms with Crippen molar-refractivity contribution >= 4 is 23.1 Å². The van der Waals surface area contributed by atoms with Crippen molar-refractivity contribution in [3.8, 4) is 5.75 Å². The Labute approximate surface area is 195 Å². The highest BCUT2D eigenvalue weighted by molar-refractivity contribution is 6.46. The standard InChI is InChI=1S/C27H30N2O4/c1-5-17-29-24(19-9-13-21(14-10-19)28(7-3)8-4)23(26(31)27(29)32)25(30)20-11-15-22(16-12-20)33-18-6-2/h5-6,9-16,24,30H,1-2,7-8,17-18H2,3-4H3. The molecule has 0 spiro atoms. The van der Waals surface area contributed by atoms with Gasteiger partial charge in [-0.15, -0.1) is 6.58 Å². The van der Waals surface area contributed by atoms with Crippen LogP contribution in [0.25, 0.3) is 5.76 Å². The molecule has 0 saturated carbocycles. The molecule has 1 saturated heterocycles. The number of ketones is 1. The molecule has 33 heavy (non-hydrogen) atoms. The highest BCUT2D eigenvalue weighted by Crippen LogP contribution is 2.40. The second-order valence-corrected chi connectivity index (χ2v) is 7.63. The molecule has 1 heterocycles. The molecular formula is C27H30N2O4. The van der Waals surface area contributed by atoms with Crippen LogP contribution in [0.1, 0.15) is 31.0 Å². The minimum Gasteiger partial charge on any atom is -0.507 e. The van der Waals surface area contributed by atoms with Gasteiger partial charge in [-0.25, -0.2) is 0 Å². The van der Waals surface area contributed by atoms with Gasteiger partial charge in [-0.2, -0.15) is 0 Å². The van der Waals surface area contributed by atoms with Gasteiger partial charge in [0, 0.05) is 30.9 Å². The maximum Gasteiger partial charge on any atom is 0.295 e. The third-order valence-corrected chi connectivity index (χ3v) is 5.70. The van der Waals surface area contributed by atoms with E-state index in [-0.39, 0.29) is 17.9 Å². The summed E-state index contributed by atoms with van der Waals surface area (Å²) in [6.07, 6.45) is 3.22. The van der Waals surface area contributed by atoms with E-state index in [1.54, 1.807) is 36.4 Å². The summed E-state index contributed by atoms with van der Waals surface area (Å²) in [6.45, 7) is 13.8. The van der Waals surface area contributed by atoms with Gasteiger partial charge in [0.2, 0.25) is 0 Å². The van der Waals surface area contributed by atoms with Crippen LogP contribution in [-0.2, 0) is 9.59 Å². The van der Waals surface area contributed by atoms with E-state index in [0.717, 1.165) is 24.3 Å². The van der Waals surface area contributed by atoms with Crippen molar-refractivity contribution in [1.29, 1.82) is 0 Å². The van der Waals surface area contributed by atoms with Crippen molar-refractivity contribution in [2.24, 2.45) is 0 Å². The van der Waals surface area contributed by atoms with Crippen molar-refractivity contribution < 1.29 is 19.4 Å². The summed E-state index contributed by atoms with van der Waals surface area (Å²) >= 11 is 0. The fourth-order valence-electron chi connectivity index (χ4n) is 4.03. The third kappa shape index (κ3) is 4.85. The topological polar surface area (TPSA) is 70.1 Å². The summed E-state index contributed by atoms with van der Waals surface area (Å²) in [7, 11) is 0. The van der Waals surface area contributed by atoms with Crippen molar-refractivity contribution in [3.63, 3.8) is 0 Å². The molecule has 1 N–H and O–H groups in total. The van der Waals surface area contributed by atoms with E-state index in [2.05, 4.69) is 31.9 Å². The molecule has 2 aromatic carbocycles. The SMILES string of the molecule is C=CCOc1ccc(C(O)=C2C(=O)C(=O)N(CC=C)C2c2ccc(N(CC)CC)cc2)cc1. The van der Waals surface area contributed by atoms with Crippen molar-refractivity contribution in [3.05, 3.63) is 90.5 Å².